The molecule has 1 aliphatic rings. The Hall–Kier alpha value is -1.17. The molecule has 1 unspecified atom stereocenters. The summed E-state index contributed by atoms with van der Waals surface area (Å²) in [6, 6.07) is 3.98. The summed E-state index contributed by atoms with van der Waals surface area (Å²) >= 11 is 5.94. The molecule has 116 valence electrons. The van der Waals surface area contributed by atoms with Gasteiger partial charge in [-0.1, -0.05) is 18.5 Å². The molecule has 1 fully saturated rings. The third kappa shape index (κ3) is 3.73. The number of aliphatic hydroxyl groups excluding tert-OH is 1. The molecule has 1 aliphatic heterocycles. The van der Waals surface area contributed by atoms with Crippen LogP contribution in [0.25, 0.3) is 0 Å². The summed E-state index contributed by atoms with van der Waals surface area (Å²) < 4.78 is 13.0. The van der Waals surface area contributed by atoms with Crippen LogP contribution in [0.15, 0.2) is 18.2 Å². The Morgan fingerprint density at radius 1 is 1.38 bits per heavy atom. The average Bonchev–Trinajstić information content (AvgIpc) is 2.48. The number of amides is 1. The van der Waals surface area contributed by atoms with Crippen molar-refractivity contribution in [3.63, 3.8) is 0 Å². The highest BCUT2D eigenvalue weighted by atomic mass is 35.5. The van der Waals surface area contributed by atoms with E-state index in [0.717, 1.165) is 25.6 Å². The number of benzene rings is 1. The van der Waals surface area contributed by atoms with Crippen LogP contribution in [0.5, 0.6) is 0 Å². The van der Waals surface area contributed by atoms with E-state index in [1.165, 1.54) is 12.1 Å². The summed E-state index contributed by atoms with van der Waals surface area (Å²) in [5.41, 5.74) is 0.334. The number of rotatable bonds is 4. The van der Waals surface area contributed by atoms with E-state index in [4.69, 9.17) is 11.6 Å². The van der Waals surface area contributed by atoms with E-state index in [-0.39, 0.29) is 23.6 Å². The van der Waals surface area contributed by atoms with Crippen LogP contribution in [-0.2, 0) is 0 Å². The van der Waals surface area contributed by atoms with Gasteiger partial charge < -0.3 is 10.0 Å². The van der Waals surface area contributed by atoms with Crippen LogP contribution >= 0.6 is 11.6 Å². The Bertz CT molecular complexity index is 500. The molecule has 1 aromatic carbocycles. The number of halogens is 2. The standard InChI is InChI=1S/C15H20ClFN2O2/c1-2-12(10-20)18-5-7-19(8-6-18)15(21)13-4-3-11(17)9-14(13)16/h3-4,9,12,20H,2,5-8,10H2,1H3. The van der Waals surface area contributed by atoms with E-state index in [0.29, 0.717) is 18.7 Å². The second kappa shape index (κ2) is 7.20. The number of hydrogen-bond acceptors (Lipinski definition) is 3. The predicted octanol–water partition coefficient (Wildman–Crippen LogP) is 2.01. The molecule has 0 saturated carbocycles. The monoisotopic (exact) mass is 314 g/mol. The number of aliphatic hydroxyl groups is 1. The molecule has 0 radical (unpaired) electrons. The molecular weight excluding hydrogens is 295 g/mol. The van der Waals surface area contributed by atoms with Gasteiger partial charge >= 0.3 is 0 Å². The number of hydrogen-bond donors (Lipinski definition) is 1. The van der Waals surface area contributed by atoms with Gasteiger partial charge in [0.15, 0.2) is 0 Å². The first-order valence-corrected chi connectivity index (χ1v) is 7.53. The molecule has 1 heterocycles. The van der Waals surface area contributed by atoms with Crippen molar-refractivity contribution in [3.05, 3.63) is 34.6 Å². The van der Waals surface area contributed by atoms with E-state index in [1.54, 1.807) is 4.90 Å². The third-order valence-electron chi connectivity index (χ3n) is 3.96. The normalized spacial score (nSPS) is 17.8. The van der Waals surface area contributed by atoms with Crippen molar-refractivity contribution in [3.8, 4) is 0 Å². The lowest BCUT2D eigenvalue weighted by Gasteiger charge is -2.38. The predicted molar refractivity (Wildman–Crippen MR) is 80.1 cm³/mol. The summed E-state index contributed by atoms with van der Waals surface area (Å²) in [7, 11) is 0. The first-order chi connectivity index (χ1) is 10.1. The minimum absolute atomic E-state index is 0.133. The molecule has 1 N–H and O–H groups in total. The van der Waals surface area contributed by atoms with Gasteiger partial charge in [0.25, 0.3) is 5.91 Å². The lowest BCUT2D eigenvalue weighted by Crippen LogP contribution is -2.52. The number of piperazine rings is 1. The lowest BCUT2D eigenvalue weighted by atomic mass is 10.1. The van der Waals surface area contributed by atoms with Crippen LogP contribution in [0, 0.1) is 5.82 Å². The minimum atomic E-state index is -0.449. The second-order valence-electron chi connectivity index (χ2n) is 5.20. The average molecular weight is 315 g/mol. The zero-order chi connectivity index (χ0) is 15.4. The maximum atomic E-state index is 13.0. The highest BCUT2D eigenvalue weighted by Gasteiger charge is 2.26. The minimum Gasteiger partial charge on any atom is -0.395 e. The summed E-state index contributed by atoms with van der Waals surface area (Å²) in [4.78, 5) is 16.3. The van der Waals surface area contributed by atoms with Gasteiger partial charge in [0.05, 0.1) is 17.2 Å². The van der Waals surface area contributed by atoms with E-state index >= 15 is 0 Å². The van der Waals surface area contributed by atoms with Crippen LogP contribution < -0.4 is 0 Å². The quantitative estimate of drug-likeness (QED) is 0.924. The van der Waals surface area contributed by atoms with Crippen molar-refractivity contribution in [2.75, 3.05) is 32.8 Å². The van der Waals surface area contributed by atoms with Gasteiger partial charge in [-0.05, 0) is 24.6 Å². The zero-order valence-corrected chi connectivity index (χ0v) is 12.8. The van der Waals surface area contributed by atoms with Crippen molar-refractivity contribution in [2.45, 2.75) is 19.4 Å². The third-order valence-corrected chi connectivity index (χ3v) is 4.27. The maximum absolute atomic E-state index is 13.0. The molecule has 1 atom stereocenters. The Morgan fingerprint density at radius 3 is 2.57 bits per heavy atom. The Balaban J connectivity index is 2.00. The summed E-state index contributed by atoms with van der Waals surface area (Å²) in [6.07, 6.45) is 0.883. The van der Waals surface area contributed by atoms with Crippen molar-refractivity contribution in [1.29, 1.82) is 0 Å². The van der Waals surface area contributed by atoms with E-state index in [9.17, 15) is 14.3 Å². The van der Waals surface area contributed by atoms with Gasteiger partial charge in [0.2, 0.25) is 0 Å². The highest BCUT2D eigenvalue weighted by Crippen LogP contribution is 2.20. The SMILES string of the molecule is CCC(CO)N1CCN(C(=O)c2ccc(F)cc2Cl)CC1. The van der Waals surface area contributed by atoms with Crippen LogP contribution in [-0.4, -0.2) is 59.6 Å². The molecule has 2 rings (SSSR count). The van der Waals surface area contributed by atoms with Crippen molar-refractivity contribution in [2.24, 2.45) is 0 Å². The zero-order valence-electron chi connectivity index (χ0n) is 12.1. The molecule has 6 heteroatoms. The van der Waals surface area contributed by atoms with Gasteiger partial charge in [-0.3, -0.25) is 9.69 Å². The summed E-state index contributed by atoms with van der Waals surface area (Å²) in [6.45, 7) is 4.80. The van der Waals surface area contributed by atoms with Gasteiger partial charge in [-0.2, -0.15) is 0 Å². The van der Waals surface area contributed by atoms with Crippen LogP contribution in [0.3, 0.4) is 0 Å². The fourth-order valence-electron chi connectivity index (χ4n) is 2.63. The Kier molecular flexibility index (Phi) is 5.56. The fraction of sp³-hybridized carbons (Fsp3) is 0.533. The van der Waals surface area contributed by atoms with E-state index < -0.39 is 5.82 Å². The van der Waals surface area contributed by atoms with Crippen molar-refractivity contribution >= 4 is 17.5 Å². The maximum Gasteiger partial charge on any atom is 0.255 e. The number of carbonyl (C=O) groups excluding carboxylic acids is 1. The molecule has 4 nitrogen and oxygen atoms in total. The van der Waals surface area contributed by atoms with Crippen molar-refractivity contribution in [1.82, 2.24) is 9.80 Å². The molecule has 1 aromatic rings. The molecule has 0 spiro atoms. The van der Waals surface area contributed by atoms with Gasteiger partial charge in [-0.15, -0.1) is 0 Å². The first-order valence-electron chi connectivity index (χ1n) is 7.16. The van der Waals surface area contributed by atoms with Crippen molar-refractivity contribution < 1.29 is 14.3 Å². The largest absolute Gasteiger partial charge is 0.395 e. The molecule has 1 amide bonds. The smallest absolute Gasteiger partial charge is 0.255 e. The van der Waals surface area contributed by atoms with Gasteiger partial charge in [-0.25, -0.2) is 4.39 Å². The van der Waals surface area contributed by atoms with E-state index in [2.05, 4.69) is 4.90 Å². The molecule has 0 aliphatic carbocycles. The van der Waals surface area contributed by atoms with Gasteiger partial charge in [0, 0.05) is 32.2 Å². The number of nitrogens with zero attached hydrogens (tertiary/aromatic N) is 2. The second-order valence-corrected chi connectivity index (χ2v) is 5.60. The highest BCUT2D eigenvalue weighted by molar-refractivity contribution is 6.33. The van der Waals surface area contributed by atoms with Crippen LogP contribution in [0.4, 0.5) is 4.39 Å². The fourth-order valence-corrected chi connectivity index (χ4v) is 2.87. The Labute approximate surface area is 129 Å². The molecule has 0 bridgehead atoms. The first kappa shape index (κ1) is 16.2. The topological polar surface area (TPSA) is 43.8 Å². The molecule has 1 saturated heterocycles. The summed E-state index contributed by atoms with van der Waals surface area (Å²) in [5.74, 6) is -0.619. The molecule has 0 aromatic heterocycles. The lowest BCUT2D eigenvalue weighted by molar-refractivity contribution is 0.0472. The molecular formula is C15H20ClFN2O2. The van der Waals surface area contributed by atoms with Crippen LogP contribution in [0.1, 0.15) is 23.7 Å². The number of carbonyl (C=O) groups is 1. The Morgan fingerprint density at radius 2 is 2.05 bits per heavy atom. The molecule has 21 heavy (non-hydrogen) atoms. The van der Waals surface area contributed by atoms with Gasteiger partial charge in [0.1, 0.15) is 5.82 Å². The van der Waals surface area contributed by atoms with E-state index in [1.807, 2.05) is 6.92 Å². The summed E-state index contributed by atoms with van der Waals surface area (Å²) in [5, 5.41) is 9.46. The van der Waals surface area contributed by atoms with Crippen LogP contribution in [0.2, 0.25) is 5.02 Å².